The first-order chi connectivity index (χ1) is 26.8. The molecule has 0 aliphatic carbocycles. The van der Waals surface area contributed by atoms with Crippen molar-refractivity contribution in [1.29, 1.82) is 0 Å². The SMILES string of the molecule is c1ccc(-c2ccc3c(c2)c2cc(-c4ccc5c(c4)c4ccccc4n5-c4ccccc4)ccc2n3-c2cc3ccccc3c(-c3ccccc3)n2)cc1. The van der Waals surface area contributed by atoms with Crippen molar-refractivity contribution >= 4 is 54.4 Å². The molecule has 0 aliphatic heterocycles. The van der Waals surface area contributed by atoms with Crippen LogP contribution in [0, 0.1) is 0 Å². The Hall–Kier alpha value is -7.23. The molecule has 0 unspecified atom stereocenters. The predicted octanol–water partition coefficient (Wildman–Crippen LogP) is 13.4. The van der Waals surface area contributed by atoms with Crippen LogP contribution in [0.3, 0.4) is 0 Å². The Balaban J connectivity index is 1.15. The smallest absolute Gasteiger partial charge is 0.138 e. The monoisotopic (exact) mass is 687 g/mol. The van der Waals surface area contributed by atoms with Gasteiger partial charge in [-0.3, -0.25) is 4.57 Å². The largest absolute Gasteiger partial charge is 0.309 e. The second kappa shape index (κ2) is 12.2. The Morgan fingerprint density at radius 1 is 0.296 bits per heavy atom. The van der Waals surface area contributed by atoms with Gasteiger partial charge >= 0.3 is 0 Å². The molecule has 0 N–H and O–H groups in total. The summed E-state index contributed by atoms with van der Waals surface area (Å²) in [6, 6.07) is 72.1. The van der Waals surface area contributed by atoms with E-state index in [9.17, 15) is 0 Å². The molecule has 0 radical (unpaired) electrons. The summed E-state index contributed by atoms with van der Waals surface area (Å²) in [6.07, 6.45) is 0. The summed E-state index contributed by atoms with van der Waals surface area (Å²) in [4.78, 5) is 5.43. The number of para-hydroxylation sites is 2. The van der Waals surface area contributed by atoms with Gasteiger partial charge in [0, 0.05) is 38.2 Å². The Labute approximate surface area is 312 Å². The second-order valence-corrected chi connectivity index (χ2v) is 14.0. The van der Waals surface area contributed by atoms with Gasteiger partial charge in [-0.2, -0.15) is 0 Å². The fraction of sp³-hybridized carbons (Fsp3) is 0. The van der Waals surface area contributed by atoms with Gasteiger partial charge in [-0.1, -0.05) is 140 Å². The minimum atomic E-state index is 0.905. The molecular formula is C51H33N3. The third-order valence-electron chi connectivity index (χ3n) is 10.9. The van der Waals surface area contributed by atoms with Gasteiger partial charge in [-0.05, 0) is 88.3 Å². The number of nitrogens with zero attached hydrogens (tertiary/aromatic N) is 3. The molecule has 8 aromatic carbocycles. The molecule has 0 amide bonds. The summed E-state index contributed by atoms with van der Waals surface area (Å²) in [5.41, 5.74) is 12.7. The molecular weight excluding hydrogens is 655 g/mol. The normalized spacial score (nSPS) is 11.7. The summed E-state index contributed by atoms with van der Waals surface area (Å²) in [7, 11) is 0. The first-order valence-electron chi connectivity index (χ1n) is 18.5. The van der Waals surface area contributed by atoms with Crippen LogP contribution in [0.15, 0.2) is 200 Å². The number of pyridine rings is 1. The third-order valence-corrected chi connectivity index (χ3v) is 10.9. The zero-order chi connectivity index (χ0) is 35.6. The molecule has 0 spiro atoms. The summed E-state index contributed by atoms with van der Waals surface area (Å²) < 4.78 is 4.72. The molecule has 3 nitrogen and oxygen atoms in total. The van der Waals surface area contributed by atoms with Crippen LogP contribution in [-0.2, 0) is 0 Å². The Morgan fingerprint density at radius 3 is 1.41 bits per heavy atom. The first-order valence-corrected chi connectivity index (χ1v) is 18.5. The second-order valence-electron chi connectivity index (χ2n) is 14.0. The average Bonchev–Trinajstić information content (AvgIpc) is 3.76. The topological polar surface area (TPSA) is 22.8 Å². The highest BCUT2D eigenvalue weighted by atomic mass is 15.1. The van der Waals surface area contributed by atoms with Crippen LogP contribution in [0.2, 0.25) is 0 Å². The molecule has 252 valence electrons. The number of fused-ring (bicyclic) bond motifs is 7. The van der Waals surface area contributed by atoms with E-state index < -0.39 is 0 Å². The molecule has 0 saturated heterocycles. The van der Waals surface area contributed by atoms with Gasteiger partial charge in [0.25, 0.3) is 0 Å². The van der Waals surface area contributed by atoms with Crippen molar-refractivity contribution in [3.63, 3.8) is 0 Å². The molecule has 0 aliphatic rings. The van der Waals surface area contributed by atoms with Crippen molar-refractivity contribution < 1.29 is 0 Å². The van der Waals surface area contributed by atoms with E-state index in [1.54, 1.807) is 0 Å². The zero-order valence-electron chi connectivity index (χ0n) is 29.4. The van der Waals surface area contributed by atoms with E-state index in [2.05, 4.69) is 209 Å². The van der Waals surface area contributed by atoms with Gasteiger partial charge in [0.15, 0.2) is 0 Å². The van der Waals surface area contributed by atoms with Crippen molar-refractivity contribution in [3.8, 4) is 45.0 Å². The van der Waals surface area contributed by atoms with Crippen molar-refractivity contribution in [1.82, 2.24) is 14.1 Å². The number of hydrogen-bond acceptors (Lipinski definition) is 1. The summed E-state index contributed by atoms with van der Waals surface area (Å²) >= 11 is 0. The number of rotatable bonds is 5. The lowest BCUT2D eigenvalue weighted by Crippen LogP contribution is -2.00. The highest BCUT2D eigenvalue weighted by Crippen LogP contribution is 2.40. The summed E-state index contributed by atoms with van der Waals surface area (Å²) in [6.45, 7) is 0. The average molecular weight is 688 g/mol. The van der Waals surface area contributed by atoms with Crippen LogP contribution in [0.4, 0.5) is 0 Å². The van der Waals surface area contributed by atoms with E-state index in [4.69, 9.17) is 4.98 Å². The van der Waals surface area contributed by atoms with E-state index in [0.29, 0.717) is 0 Å². The van der Waals surface area contributed by atoms with Gasteiger partial charge in [-0.15, -0.1) is 0 Å². The fourth-order valence-corrected chi connectivity index (χ4v) is 8.38. The van der Waals surface area contributed by atoms with Gasteiger partial charge < -0.3 is 4.57 Å². The summed E-state index contributed by atoms with van der Waals surface area (Å²) in [5.74, 6) is 0.905. The highest BCUT2D eigenvalue weighted by Gasteiger charge is 2.19. The van der Waals surface area contributed by atoms with Gasteiger partial charge in [0.2, 0.25) is 0 Å². The van der Waals surface area contributed by atoms with Crippen LogP contribution in [0.1, 0.15) is 0 Å². The van der Waals surface area contributed by atoms with E-state index in [0.717, 1.165) is 44.6 Å². The maximum atomic E-state index is 5.43. The van der Waals surface area contributed by atoms with Crippen molar-refractivity contribution in [2.45, 2.75) is 0 Å². The van der Waals surface area contributed by atoms with Crippen LogP contribution >= 0.6 is 0 Å². The van der Waals surface area contributed by atoms with Gasteiger partial charge in [-0.25, -0.2) is 4.98 Å². The van der Waals surface area contributed by atoms with Crippen LogP contribution in [-0.4, -0.2) is 14.1 Å². The van der Waals surface area contributed by atoms with E-state index in [-0.39, 0.29) is 0 Å². The number of aromatic nitrogens is 3. The minimum Gasteiger partial charge on any atom is -0.309 e. The fourth-order valence-electron chi connectivity index (χ4n) is 8.38. The van der Waals surface area contributed by atoms with Crippen molar-refractivity contribution in [3.05, 3.63) is 200 Å². The Bertz CT molecular complexity index is 3190. The lowest BCUT2D eigenvalue weighted by Gasteiger charge is -2.13. The van der Waals surface area contributed by atoms with Crippen molar-refractivity contribution in [2.24, 2.45) is 0 Å². The molecule has 11 aromatic rings. The molecule has 3 heteroatoms. The van der Waals surface area contributed by atoms with Crippen molar-refractivity contribution in [2.75, 3.05) is 0 Å². The lowest BCUT2D eigenvalue weighted by molar-refractivity contribution is 1.09. The molecule has 54 heavy (non-hydrogen) atoms. The van der Waals surface area contributed by atoms with E-state index in [1.807, 2.05) is 0 Å². The van der Waals surface area contributed by atoms with Gasteiger partial charge in [0.05, 0.1) is 27.8 Å². The maximum Gasteiger partial charge on any atom is 0.138 e. The van der Waals surface area contributed by atoms with Crippen LogP contribution in [0.25, 0.3) is 99.4 Å². The molecule has 11 rings (SSSR count). The van der Waals surface area contributed by atoms with Crippen LogP contribution < -0.4 is 0 Å². The van der Waals surface area contributed by atoms with E-state index in [1.165, 1.54) is 54.8 Å². The number of hydrogen-bond donors (Lipinski definition) is 0. The van der Waals surface area contributed by atoms with Gasteiger partial charge in [0.1, 0.15) is 5.82 Å². The molecule has 0 saturated carbocycles. The molecule has 0 atom stereocenters. The Morgan fingerprint density at radius 2 is 0.759 bits per heavy atom. The quantitative estimate of drug-likeness (QED) is 0.177. The van der Waals surface area contributed by atoms with E-state index >= 15 is 0 Å². The minimum absolute atomic E-state index is 0.905. The molecule has 0 fully saturated rings. The first kappa shape index (κ1) is 30.4. The number of benzene rings is 8. The molecule has 3 heterocycles. The third kappa shape index (κ3) is 4.79. The standard InChI is InChI=1S/C51H33N3/c1-4-14-34(15-5-1)36-24-28-48-44(30-36)45-32-38(37-25-27-47-43(31-37)42-22-12-13-23-46(42)53(47)40-19-8-3-9-20-40)26-29-49(45)54(48)50-33-39-18-10-11-21-41(39)51(52-50)35-16-6-2-7-17-35/h1-33H. The Kier molecular flexibility index (Phi) is 6.86. The molecule has 3 aromatic heterocycles. The zero-order valence-corrected chi connectivity index (χ0v) is 29.4. The predicted molar refractivity (Wildman–Crippen MR) is 227 cm³/mol. The lowest BCUT2D eigenvalue weighted by atomic mass is 9.99. The molecule has 0 bridgehead atoms. The highest BCUT2D eigenvalue weighted by molar-refractivity contribution is 6.13. The maximum absolute atomic E-state index is 5.43. The van der Waals surface area contributed by atoms with Crippen LogP contribution in [0.5, 0.6) is 0 Å². The summed E-state index contributed by atoms with van der Waals surface area (Å²) in [5, 5.41) is 7.20.